The lowest BCUT2D eigenvalue weighted by Crippen LogP contribution is -2.53. The van der Waals surface area contributed by atoms with E-state index in [1.165, 1.54) is 11.3 Å². The van der Waals surface area contributed by atoms with E-state index in [1.807, 2.05) is 0 Å². The van der Waals surface area contributed by atoms with E-state index in [1.54, 1.807) is 26.3 Å². The summed E-state index contributed by atoms with van der Waals surface area (Å²) in [7, 11) is 0. The molecule has 0 saturated heterocycles. The van der Waals surface area contributed by atoms with Gasteiger partial charge in [0.2, 0.25) is 0 Å². The van der Waals surface area contributed by atoms with E-state index in [9.17, 15) is 14.7 Å². The average Bonchev–Trinajstić information content (AvgIpc) is 2.72. The Bertz CT molecular complexity index is 424. The lowest BCUT2D eigenvalue weighted by molar-refractivity contribution is -0.144. The first-order chi connectivity index (χ1) is 7.96. The van der Waals surface area contributed by atoms with Crippen LogP contribution in [0.4, 0.5) is 0 Å². The Morgan fingerprint density at radius 2 is 2.06 bits per heavy atom. The second-order valence-corrected chi connectivity index (χ2v) is 4.67. The Kier molecular flexibility index (Phi) is 4.22. The number of carbonyl (C=O) groups is 2. The van der Waals surface area contributed by atoms with Crippen LogP contribution in [0.5, 0.6) is 0 Å². The predicted molar refractivity (Wildman–Crippen MR) is 65.3 cm³/mol. The molecule has 1 aromatic heterocycles. The molecule has 0 unspecified atom stereocenters. The first-order valence-electron chi connectivity index (χ1n) is 5.42. The smallest absolute Gasteiger partial charge is 0.329 e. The molecular formula is C11H16N2O3S. The fourth-order valence-corrected chi connectivity index (χ4v) is 2.27. The molecule has 0 aliphatic heterocycles. The largest absolute Gasteiger partial charge is 0.480 e. The van der Waals surface area contributed by atoms with Gasteiger partial charge in [-0.25, -0.2) is 9.78 Å². The molecule has 1 rings (SSSR count). The highest BCUT2D eigenvalue weighted by Gasteiger charge is 2.37. The van der Waals surface area contributed by atoms with Gasteiger partial charge in [0.15, 0.2) is 0 Å². The van der Waals surface area contributed by atoms with Crippen molar-refractivity contribution in [3.63, 3.8) is 0 Å². The maximum atomic E-state index is 12.0. The second-order valence-electron chi connectivity index (χ2n) is 3.82. The van der Waals surface area contributed by atoms with Crippen molar-refractivity contribution in [2.45, 2.75) is 39.2 Å². The normalized spacial score (nSPS) is 11.2. The topological polar surface area (TPSA) is 79.3 Å². The summed E-state index contributed by atoms with van der Waals surface area (Å²) in [4.78, 5) is 27.7. The van der Waals surface area contributed by atoms with E-state index in [0.29, 0.717) is 23.4 Å². The Hall–Kier alpha value is -1.43. The average molecular weight is 256 g/mol. The number of carboxylic acids is 1. The summed E-state index contributed by atoms with van der Waals surface area (Å²) in [6, 6.07) is 0. The van der Waals surface area contributed by atoms with Crippen LogP contribution in [-0.4, -0.2) is 27.5 Å². The summed E-state index contributed by atoms with van der Waals surface area (Å²) >= 11 is 1.21. The molecule has 6 heteroatoms. The molecule has 1 amide bonds. The third-order valence-corrected chi connectivity index (χ3v) is 3.85. The second kappa shape index (κ2) is 5.27. The van der Waals surface area contributed by atoms with Crippen LogP contribution in [-0.2, 0) is 4.79 Å². The molecule has 1 heterocycles. The predicted octanol–water partition coefficient (Wildman–Crippen LogP) is 1.82. The zero-order valence-corrected chi connectivity index (χ0v) is 10.9. The Morgan fingerprint density at radius 1 is 1.47 bits per heavy atom. The first kappa shape index (κ1) is 13.6. The zero-order valence-electron chi connectivity index (χ0n) is 10.1. The molecule has 0 bridgehead atoms. The highest BCUT2D eigenvalue weighted by molar-refractivity contribution is 7.11. The standard InChI is InChI=1S/C11H16N2O3S/c1-4-11(5-2,10(15)16)13-9(14)8-7(3)12-6-17-8/h6H,4-5H2,1-3H3,(H,13,14)(H,15,16). The molecule has 17 heavy (non-hydrogen) atoms. The number of nitrogens with one attached hydrogen (secondary N) is 1. The number of rotatable bonds is 5. The number of nitrogens with zero attached hydrogens (tertiary/aromatic N) is 1. The Balaban J connectivity index is 2.93. The summed E-state index contributed by atoms with van der Waals surface area (Å²) in [6.07, 6.45) is 0.699. The van der Waals surface area contributed by atoms with Crippen molar-refractivity contribution >= 4 is 23.2 Å². The van der Waals surface area contributed by atoms with Gasteiger partial charge in [-0.1, -0.05) is 13.8 Å². The third kappa shape index (κ3) is 2.63. The van der Waals surface area contributed by atoms with Crippen molar-refractivity contribution in [3.05, 3.63) is 16.1 Å². The number of amides is 1. The van der Waals surface area contributed by atoms with Crippen molar-refractivity contribution in [2.75, 3.05) is 0 Å². The van der Waals surface area contributed by atoms with Crippen LogP contribution in [0.25, 0.3) is 0 Å². The Labute approximate surface area is 104 Å². The number of aliphatic carboxylic acids is 1. The van der Waals surface area contributed by atoms with Crippen LogP contribution in [0.3, 0.4) is 0 Å². The molecule has 0 radical (unpaired) electrons. The van der Waals surface area contributed by atoms with Crippen LogP contribution >= 0.6 is 11.3 Å². The summed E-state index contributed by atoms with van der Waals surface area (Å²) < 4.78 is 0. The van der Waals surface area contributed by atoms with Gasteiger partial charge >= 0.3 is 5.97 Å². The summed E-state index contributed by atoms with van der Waals surface area (Å²) in [6.45, 7) is 5.22. The molecule has 94 valence electrons. The molecule has 2 N–H and O–H groups in total. The lowest BCUT2D eigenvalue weighted by Gasteiger charge is -2.27. The summed E-state index contributed by atoms with van der Waals surface area (Å²) in [5.74, 6) is -1.37. The quantitative estimate of drug-likeness (QED) is 0.842. The van der Waals surface area contributed by atoms with Gasteiger partial charge < -0.3 is 10.4 Å². The van der Waals surface area contributed by atoms with Crippen LogP contribution < -0.4 is 5.32 Å². The lowest BCUT2D eigenvalue weighted by atomic mass is 9.93. The zero-order chi connectivity index (χ0) is 13.1. The minimum absolute atomic E-state index is 0.350. The molecule has 0 spiro atoms. The molecular weight excluding hydrogens is 240 g/mol. The molecule has 0 aliphatic rings. The highest BCUT2D eigenvalue weighted by Crippen LogP contribution is 2.19. The van der Waals surface area contributed by atoms with E-state index >= 15 is 0 Å². The number of hydrogen-bond acceptors (Lipinski definition) is 4. The molecule has 0 fully saturated rings. The maximum Gasteiger partial charge on any atom is 0.329 e. The summed E-state index contributed by atoms with van der Waals surface area (Å²) in [5, 5.41) is 11.8. The van der Waals surface area contributed by atoms with Crippen molar-refractivity contribution in [1.82, 2.24) is 10.3 Å². The molecule has 0 aliphatic carbocycles. The van der Waals surface area contributed by atoms with Gasteiger partial charge in [0, 0.05) is 0 Å². The number of thiazole rings is 1. The molecule has 0 saturated carbocycles. The van der Waals surface area contributed by atoms with Crippen LogP contribution in [0, 0.1) is 6.92 Å². The van der Waals surface area contributed by atoms with E-state index in [0.717, 1.165) is 0 Å². The molecule has 0 atom stereocenters. The van der Waals surface area contributed by atoms with Gasteiger partial charge in [-0.05, 0) is 19.8 Å². The van der Waals surface area contributed by atoms with Gasteiger partial charge in [-0.2, -0.15) is 0 Å². The molecule has 5 nitrogen and oxygen atoms in total. The Morgan fingerprint density at radius 3 is 2.41 bits per heavy atom. The van der Waals surface area contributed by atoms with Crippen LogP contribution in [0.1, 0.15) is 42.1 Å². The number of aromatic nitrogens is 1. The van der Waals surface area contributed by atoms with Crippen LogP contribution in [0.2, 0.25) is 0 Å². The van der Waals surface area contributed by atoms with Crippen molar-refractivity contribution in [3.8, 4) is 0 Å². The number of hydrogen-bond donors (Lipinski definition) is 2. The minimum Gasteiger partial charge on any atom is -0.480 e. The van der Waals surface area contributed by atoms with Gasteiger partial charge in [-0.15, -0.1) is 11.3 Å². The maximum absolute atomic E-state index is 12.0. The third-order valence-electron chi connectivity index (χ3n) is 2.92. The fraction of sp³-hybridized carbons (Fsp3) is 0.545. The van der Waals surface area contributed by atoms with Gasteiger partial charge in [-0.3, -0.25) is 4.79 Å². The molecule has 0 aromatic carbocycles. The van der Waals surface area contributed by atoms with Gasteiger partial charge in [0.05, 0.1) is 11.2 Å². The van der Waals surface area contributed by atoms with Gasteiger partial charge in [0.25, 0.3) is 5.91 Å². The number of aryl methyl sites for hydroxylation is 1. The van der Waals surface area contributed by atoms with Crippen molar-refractivity contribution < 1.29 is 14.7 Å². The highest BCUT2D eigenvalue weighted by atomic mass is 32.1. The number of carboxylic acid groups (broad SMARTS) is 1. The van der Waals surface area contributed by atoms with E-state index in [-0.39, 0.29) is 5.91 Å². The summed E-state index contributed by atoms with van der Waals surface area (Å²) in [5.41, 5.74) is 1.01. The monoisotopic (exact) mass is 256 g/mol. The van der Waals surface area contributed by atoms with Crippen molar-refractivity contribution in [1.29, 1.82) is 0 Å². The van der Waals surface area contributed by atoms with Crippen LogP contribution in [0.15, 0.2) is 5.51 Å². The number of carbonyl (C=O) groups excluding carboxylic acids is 1. The SMILES string of the molecule is CCC(CC)(NC(=O)c1scnc1C)C(=O)O. The van der Waals surface area contributed by atoms with E-state index in [2.05, 4.69) is 10.3 Å². The minimum atomic E-state index is -1.19. The molecule has 1 aromatic rings. The van der Waals surface area contributed by atoms with Gasteiger partial charge in [0.1, 0.15) is 10.4 Å². The van der Waals surface area contributed by atoms with E-state index in [4.69, 9.17) is 0 Å². The van der Waals surface area contributed by atoms with E-state index < -0.39 is 11.5 Å². The van der Waals surface area contributed by atoms with Crippen molar-refractivity contribution in [2.24, 2.45) is 0 Å². The fourth-order valence-electron chi connectivity index (χ4n) is 1.58. The first-order valence-corrected chi connectivity index (χ1v) is 6.30.